The highest BCUT2D eigenvalue weighted by atomic mass is 16.6. The minimum Gasteiger partial charge on any atom is -0.462 e. The zero-order valence-electron chi connectivity index (χ0n) is 47.7. The first-order chi connectivity index (χ1) is 35.5. The summed E-state index contributed by atoms with van der Waals surface area (Å²) in [6, 6.07) is 0. The van der Waals surface area contributed by atoms with Crippen molar-refractivity contribution in [3.05, 3.63) is 72.9 Å². The fraction of sp³-hybridized carbons (Fsp3) is 0.773. The molecule has 1 atom stereocenters. The number of ether oxygens (including phenoxy) is 3. The lowest BCUT2D eigenvalue weighted by atomic mass is 10.1. The van der Waals surface area contributed by atoms with Crippen LogP contribution in [0.3, 0.4) is 0 Å². The van der Waals surface area contributed by atoms with Gasteiger partial charge in [-0.05, 0) is 109 Å². The monoisotopic (exact) mass is 1000 g/mol. The Labute approximate surface area is 446 Å². The molecule has 0 heterocycles. The van der Waals surface area contributed by atoms with Crippen LogP contribution in [0, 0.1) is 0 Å². The number of hydrogen-bond acceptors (Lipinski definition) is 6. The van der Waals surface area contributed by atoms with E-state index in [1.165, 1.54) is 167 Å². The summed E-state index contributed by atoms with van der Waals surface area (Å²) in [4.78, 5) is 38.3. The van der Waals surface area contributed by atoms with Crippen LogP contribution in [0.4, 0.5) is 0 Å². The molecule has 0 saturated carbocycles. The maximum Gasteiger partial charge on any atom is 0.306 e. The van der Waals surface area contributed by atoms with E-state index in [4.69, 9.17) is 14.2 Å². The molecule has 0 amide bonds. The van der Waals surface area contributed by atoms with Crippen molar-refractivity contribution in [2.75, 3.05) is 13.2 Å². The Hall–Kier alpha value is -3.15. The summed E-state index contributed by atoms with van der Waals surface area (Å²) in [5.74, 6) is -0.903. The molecule has 0 aliphatic heterocycles. The van der Waals surface area contributed by atoms with Crippen molar-refractivity contribution < 1.29 is 28.6 Å². The average molecular weight is 1010 g/mol. The largest absolute Gasteiger partial charge is 0.462 e. The van der Waals surface area contributed by atoms with Crippen molar-refractivity contribution in [3.63, 3.8) is 0 Å². The van der Waals surface area contributed by atoms with E-state index in [2.05, 4.69) is 93.7 Å². The average Bonchev–Trinajstić information content (AvgIpc) is 3.38. The van der Waals surface area contributed by atoms with Gasteiger partial charge >= 0.3 is 17.9 Å². The van der Waals surface area contributed by atoms with E-state index in [0.29, 0.717) is 19.3 Å². The highest BCUT2D eigenvalue weighted by molar-refractivity contribution is 5.71. The Morgan fingerprint density at radius 2 is 0.514 bits per heavy atom. The molecule has 0 aromatic carbocycles. The first kappa shape index (κ1) is 68.8. The van der Waals surface area contributed by atoms with Gasteiger partial charge in [0, 0.05) is 19.3 Å². The molecule has 6 heteroatoms. The minimum absolute atomic E-state index is 0.0856. The number of carbonyl (C=O) groups is 3. The quantitative estimate of drug-likeness (QED) is 0.0261. The molecule has 0 rings (SSSR count). The Bertz CT molecular complexity index is 1340. The number of hydrogen-bond donors (Lipinski definition) is 0. The van der Waals surface area contributed by atoms with Gasteiger partial charge < -0.3 is 14.2 Å². The number of rotatable bonds is 56. The third-order valence-electron chi connectivity index (χ3n) is 13.4. The molecule has 0 N–H and O–H groups in total. The molecule has 0 spiro atoms. The molecule has 416 valence electrons. The lowest BCUT2D eigenvalue weighted by Gasteiger charge is -2.18. The van der Waals surface area contributed by atoms with Crippen LogP contribution in [-0.4, -0.2) is 37.2 Å². The highest BCUT2D eigenvalue weighted by Gasteiger charge is 2.19. The van der Waals surface area contributed by atoms with Crippen LogP contribution >= 0.6 is 0 Å². The minimum atomic E-state index is -0.790. The lowest BCUT2D eigenvalue weighted by molar-refractivity contribution is -0.167. The van der Waals surface area contributed by atoms with Gasteiger partial charge in [-0.25, -0.2) is 0 Å². The molecule has 0 bridgehead atoms. The molecular formula is C66H116O6. The van der Waals surface area contributed by atoms with Crippen LogP contribution in [0.15, 0.2) is 72.9 Å². The maximum absolute atomic E-state index is 12.9. The normalized spacial score (nSPS) is 12.5. The Kier molecular flexibility index (Phi) is 57.8. The van der Waals surface area contributed by atoms with Crippen molar-refractivity contribution >= 4 is 17.9 Å². The van der Waals surface area contributed by atoms with E-state index in [1.807, 2.05) is 0 Å². The summed E-state index contributed by atoms with van der Waals surface area (Å²) < 4.78 is 16.9. The van der Waals surface area contributed by atoms with Crippen molar-refractivity contribution in [1.29, 1.82) is 0 Å². The summed E-state index contributed by atoms with van der Waals surface area (Å²) >= 11 is 0. The number of esters is 3. The van der Waals surface area contributed by atoms with Crippen LogP contribution in [0.1, 0.15) is 310 Å². The van der Waals surface area contributed by atoms with Crippen molar-refractivity contribution in [3.8, 4) is 0 Å². The SMILES string of the molecule is CCCC/C=C\C/C=C\CCCCCCCC(=O)OCC(COC(=O)CCCCCCCCCCC/C=C\CCCCCCCCCC)OC(=O)CCCCCCCC/C=C\C/C=C\C/C=C\CCCCC. The second kappa shape index (κ2) is 60.4. The number of unbranched alkanes of at least 4 members (excludes halogenated alkanes) is 33. The fourth-order valence-electron chi connectivity index (χ4n) is 8.70. The second-order valence-corrected chi connectivity index (χ2v) is 20.6. The van der Waals surface area contributed by atoms with Crippen LogP contribution in [-0.2, 0) is 28.6 Å². The van der Waals surface area contributed by atoms with Gasteiger partial charge in [0.05, 0.1) is 0 Å². The topological polar surface area (TPSA) is 78.9 Å². The van der Waals surface area contributed by atoms with E-state index < -0.39 is 6.10 Å². The standard InChI is InChI=1S/C66H116O6/c1-4-7-10-13-16-19-22-25-28-30-32-33-35-36-38-41-44-47-50-53-56-59-65(68)71-62-63(61-70-64(67)58-55-52-49-46-43-40-27-24-21-18-15-12-9-6-3)72-66(69)60-57-54-51-48-45-42-39-37-34-31-29-26-23-20-17-14-11-8-5-2/h15,17-18,20,24,26-27,29-30,32,34,37,63H,4-14,16,19,21-23,25,28,31,33,35-36,38-62H2,1-3H3/b18-15-,20-17-,27-24-,29-26-,32-30-,37-34-. The van der Waals surface area contributed by atoms with E-state index >= 15 is 0 Å². The number of allylic oxidation sites excluding steroid dienone is 12. The zero-order valence-corrected chi connectivity index (χ0v) is 47.7. The Balaban J connectivity index is 4.38. The Morgan fingerprint density at radius 1 is 0.278 bits per heavy atom. The van der Waals surface area contributed by atoms with Gasteiger partial charge in [0.15, 0.2) is 6.10 Å². The predicted octanol–water partition coefficient (Wildman–Crippen LogP) is 20.9. The first-order valence-electron chi connectivity index (χ1n) is 30.9. The molecule has 6 nitrogen and oxygen atoms in total. The maximum atomic E-state index is 12.9. The molecule has 0 aliphatic rings. The molecule has 0 aromatic rings. The third-order valence-corrected chi connectivity index (χ3v) is 13.4. The second-order valence-electron chi connectivity index (χ2n) is 20.6. The van der Waals surface area contributed by atoms with Crippen molar-refractivity contribution in [2.45, 2.75) is 316 Å². The van der Waals surface area contributed by atoms with Crippen LogP contribution in [0.5, 0.6) is 0 Å². The van der Waals surface area contributed by atoms with Gasteiger partial charge in [0.25, 0.3) is 0 Å². The molecule has 0 saturated heterocycles. The van der Waals surface area contributed by atoms with E-state index in [-0.39, 0.29) is 31.1 Å². The lowest BCUT2D eigenvalue weighted by Crippen LogP contribution is -2.30. The summed E-state index contributed by atoms with van der Waals surface area (Å²) in [5.41, 5.74) is 0. The summed E-state index contributed by atoms with van der Waals surface area (Å²) in [5, 5.41) is 0. The van der Waals surface area contributed by atoms with Crippen molar-refractivity contribution in [1.82, 2.24) is 0 Å². The van der Waals surface area contributed by atoms with Gasteiger partial charge in [0.1, 0.15) is 13.2 Å². The molecule has 0 radical (unpaired) electrons. The smallest absolute Gasteiger partial charge is 0.306 e. The van der Waals surface area contributed by atoms with Gasteiger partial charge in [-0.1, -0.05) is 254 Å². The predicted molar refractivity (Wildman–Crippen MR) is 311 cm³/mol. The zero-order chi connectivity index (χ0) is 52.2. The molecule has 72 heavy (non-hydrogen) atoms. The Morgan fingerprint density at radius 3 is 0.861 bits per heavy atom. The fourth-order valence-corrected chi connectivity index (χ4v) is 8.70. The van der Waals surface area contributed by atoms with Gasteiger partial charge in [-0.2, -0.15) is 0 Å². The summed E-state index contributed by atoms with van der Waals surface area (Å²) in [6.45, 7) is 6.58. The van der Waals surface area contributed by atoms with Gasteiger partial charge in [-0.15, -0.1) is 0 Å². The molecule has 0 aliphatic carbocycles. The first-order valence-corrected chi connectivity index (χ1v) is 30.9. The van der Waals surface area contributed by atoms with E-state index in [9.17, 15) is 14.4 Å². The van der Waals surface area contributed by atoms with Gasteiger partial charge in [-0.3, -0.25) is 14.4 Å². The van der Waals surface area contributed by atoms with Crippen LogP contribution in [0.25, 0.3) is 0 Å². The molecular weight excluding hydrogens is 889 g/mol. The molecule has 0 fully saturated rings. The van der Waals surface area contributed by atoms with Gasteiger partial charge in [0.2, 0.25) is 0 Å². The van der Waals surface area contributed by atoms with Crippen molar-refractivity contribution in [2.24, 2.45) is 0 Å². The van der Waals surface area contributed by atoms with Crippen LogP contribution < -0.4 is 0 Å². The highest BCUT2D eigenvalue weighted by Crippen LogP contribution is 2.16. The molecule has 1 unspecified atom stereocenters. The van der Waals surface area contributed by atoms with E-state index in [1.54, 1.807) is 0 Å². The van der Waals surface area contributed by atoms with E-state index in [0.717, 1.165) is 103 Å². The van der Waals surface area contributed by atoms with Crippen LogP contribution in [0.2, 0.25) is 0 Å². The number of carbonyl (C=O) groups excluding carboxylic acids is 3. The third kappa shape index (κ3) is 57.7. The molecule has 0 aromatic heterocycles. The summed E-state index contributed by atoms with van der Waals surface area (Å²) in [6.07, 6.45) is 77.5. The summed E-state index contributed by atoms with van der Waals surface area (Å²) in [7, 11) is 0.